The summed E-state index contributed by atoms with van der Waals surface area (Å²) in [5, 5.41) is 25.2. The number of hydrogen-bond donors (Lipinski definition) is 3. The van der Waals surface area contributed by atoms with E-state index in [1.54, 1.807) is 0 Å². The van der Waals surface area contributed by atoms with E-state index in [2.05, 4.69) is 15.5 Å². The number of nitrogens with zero attached hydrogens (tertiary/aromatic N) is 2. The Morgan fingerprint density at radius 3 is 2.62 bits per heavy atom. The lowest BCUT2D eigenvalue weighted by Gasteiger charge is -2.10. The summed E-state index contributed by atoms with van der Waals surface area (Å²) in [6, 6.07) is 15.4. The number of aliphatic hydroxyl groups excluding tert-OH is 2. The molecule has 0 spiro atoms. The average molecular weight is 325 g/mol. The molecule has 0 aliphatic rings. The van der Waals surface area contributed by atoms with Crippen LogP contribution in [-0.4, -0.2) is 39.6 Å². The predicted octanol–water partition coefficient (Wildman–Crippen LogP) is 2.48. The quantitative estimate of drug-likeness (QED) is 0.645. The molecule has 6 nitrogen and oxygen atoms in total. The molecule has 1 atom stereocenters. The zero-order valence-electron chi connectivity index (χ0n) is 13.3. The van der Waals surface area contributed by atoms with Crippen LogP contribution in [0.3, 0.4) is 0 Å². The highest BCUT2D eigenvalue weighted by Gasteiger charge is 2.11. The molecule has 1 unspecified atom stereocenters. The first kappa shape index (κ1) is 16.2. The fourth-order valence-electron chi connectivity index (χ4n) is 2.27. The van der Waals surface area contributed by atoms with Crippen LogP contribution in [-0.2, 0) is 0 Å². The van der Waals surface area contributed by atoms with Crippen LogP contribution in [0.1, 0.15) is 5.56 Å². The molecule has 3 aromatic rings. The standard InChI is InChI=1S/C18H19N3O3/c1-12-3-2-4-14(9-12)17-20-18(24-21-17)13-5-7-15(8-6-13)19-10-16(23)11-22/h2-9,16,19,22-23H,10-11H2,1H3. The van der Waals surface area contributed by atoms with E-state index in [0.717, 1.165) is 22.4 Å². The molecule has 24 heavy (non-hydrogen) atoms. The maximum atomic E-state index is 9.34. The summed E-state index contributed by atoms with van der Waals surface area (Å²) < 4.78 is 5.35. The lowest BCUT2D eigenvalue weighted by atomic mass is 10.1. The van der Waals surface area contributed by atoms with Crippen molar-refractivity contribution in [2.45, 2.75) is 13.0 Å². The Morgan fingerprint density at radius 1 is 1.12 bits per heavy atom. The van der Waals surface area contributed by atoms with Crippen molar-refractivity contribution < 1.29 is 14.7 Å². The molecular formula is C18H19N3O3. The summed E-state index contributed by atoms with van der Waals surface area (Å²) in [5.41, 5.74) is 3.71. The molecule has 3 rings (SSSR count). The monoisotopic (exact) mass is 325 g/mol. The topological polar surface area (TPSA) is 91.4 Å². The molecule has 0 saturated heterocycles. The molecule has 1 aromatic heterocycles. The summed E-state index contributed by atoms with van der Waals surface area (Å²) in [6.45, 7) is 2.03. The summed E-state index contributed by atoms with van der Waals surface area (Å²) in [7, 11) is 0. The first-order valence-corrected chi connectivity index (χ1v) is 7.69. The van der Waals surface area contributed by atoms with E-state index in [1.165, 1.54) is 0 Å². The van der Waals surface area contributed by atoms with Crippen molar-refractivity contribution in [2.75, 3.05) is 18.5 Å². The van der Waals surface area contributed by atoms with Crippen LogP contribution in [0.15, 0.2) is 53.1 Å². The molecule has 124 valence electrons. The van der Waals surface area contributed by atoms with E-state index in [0.29, 0.717) is 11.7 Å². The van der Waals surface area contributed by atoms with Crippen LogP contribution in [0.2, 0.25) is 0 Å². The maximum Gasteiger partial charge on any atom is 0.258 e. The highest BCUT2D eigenvalue weighted by Crippen LogP contribution is 2.23. The Kier molecular flexibility index (Phi) is 4.88. The molecule has 2 aromatic carbocycles. The Balaban J connectivity index is 1.73. The number of rotatable bonds is 6. The zero-order valence-corrected chi connectivity index (χ0v) is 13.3. The Hall–Kier alpha value is -2.70. The van der Waals surface area contributed by atoms with E-state index in [9.17, 15) is 5.11 Å². The van der Waals surface area contributed by atoms with E-state index in [4.69, 9.17) is 9.63 Å². The smallest absolute Gasteiger partial charge is 0.258 e. The van der Waals surface area contributed by atoms with Gasteiger partial charge in [-0.05, 0) is 37.3 Å². The number of nitrogens with one attached hydrogen (secondary N) is 1. The molecule has 0 bridgehead atoms. The van der Waals surface area contributed by atoms with Crippen LogP contribution in [0, 0.1) is 6.92 Å². The molecule has 6 heteroatoms. The highest BCUT2D eigenvalue weighted by molar-refractivity contribution is 5.62. The van der Waals surface area contributed by atoms with Crippen molar-refractivity contribution in [2.24, 2.45) is 0 Å². The molecular weight excluding hydrogens is 306 g/mol. The van der Waals surface area contributed by atoms with Gasteiger partial charge in [-0.3, -0.25) is 0 Å². The number of hydrogen-bond acceptors (Lipinski definition) is 6. The Morgan fingerprint density at radius 2 is 1.92 bits per heavy atom. The number of aromatic nitrogens is 2. The van der Waals surface area contributed by atoms with Crippen LogP contribution in [0.4, 0.5) is 5.69 Å². The normalized spacial score (nSPS) is 12.1. The Bertz CT molecular complexity index is 799. The van der Waals surface area contributed by atoms with E-state index < -0.39 is 6.10 Å². The van der Waals surface area contributed by atoms with Crippen LogP contribution in [0.25, 0.3) is 22.8 Å². The van der Waals surface area contributed by atoms with Gasteiger partial charge in [0, 0.05) is 23.4 Å². The van der Waals surface area contributed by atoms with E-state index in [-0.39, 0.29) is 13.2 Å². The van der Waals surface area contributed by atoms with Gasteiger partial charge in [-0.1, -0.05) is 28.9 Å². The van der Waals surface area contributed by atoms with E-state index >= 15 is 0 Å². The highest BCUT2D eigenvalue weighted by atomic mass is 16.5. The number of benzene rings is 2. The third-order valence-corrected chi connectivity index (χ3v) is 3.59. The van der Waals surface area contributed by atoms with Gasteiger partial charge in [0.1, 0.15) is 0 Å². The number of aliphatic hydroxyl groups is 2. The van der Waals surface area contributed by atoms with Crippen molar-refractivity contribution in [3.8, 4) is 22.8 Å². The van der Waals surface area contributed by atoms with Crippen molar-refractivity contribution in [1.82, 2.24) is 10.1 Å². The van der Waals surface area contributed by atoms with Crippen molar-refractivity contribution in [3.05, 3.63) is 54.1 Å². The minimum absolute atomic E-state index is 0.269. The van der Waals surface area contributed by atoms with Gasteiger partial charge in [0.05, 0.1) is 12.7 Å². The molecule has 0 aliphatic heterocycles. The van der Waals surface area contributed by atoms with Crippen LogP contribution < -0.4 is 5.32 Å². The van der Waals surface area contributed by atoms with Gasteiger partial charge in [-0.15, -0.1) is 0 Å². The molecule has 0 aliphatic carbocycles. The van der Waals surface area contributed by atoms with Gasteiger partial charge in [0.25, 0.3) is 5.89 Å². The lowest BCUT2D eigenvalue weighted by Crippen LogP contribution is -2.22. The SMILES string of the molecule is Cc1cccc(-c2noc(-c3ccc(NCC(O)CO)cc3)n2)c1. The van der Waals surface area contributed by atoms with Crippen molar-refractivity contribution in [1.29, 1.82) is 0 Å². The predicted molar refractivity (Wildman–Crippen MR) is 91.5 cm³/mol. The summed E-state index contributed by atoms with van der Waals surface area (Å²) in [6.07, 6.45) is -0.780. The molecule has 0 amide bonds. The fourth-order valence-corrected chi connectivity index (χ4v) is 2.27. The molecule has 3 N–H and O–H groups in total. The van der Waals surface area contributed by atoms with E-state index in [1.807, 2.05) is 55.5 Å². The van der Waals surface area contributed by atoms with Gasteiger partial charge in [0.2, 0.25) is 5.82 Å². The molecule has 0 radical (unpaired) electrons. The van der Waals surface area contributed by atoms with Gasteiger partial charge in [-0.2, -0.15) is 4.98 Å². The first-order valence-electron chi connectivity index (χ1n) is 7.69. The van der Waals surface area contributed by atoms with Crippen molar-refractivity contribution in [3.63, 3.8) is 0 Å². The third-order valence-electron chi connectivity index (χ3n) is 3.59. The average Bonchev–Trinajstić information content (AvgIpc) is 3.10. The molecule has 0 saturated carbocycles. The van der Waals surface area contributed by atoms with Crippen LogP contribution >= 0.6 is 0 Å². The van der Waals surface area contributed by atoms with Gasteiger partial charge < -0.3 is 20.1 Å². The first-order chi connectivity index (χ1) is 11.7. The van der Waals surface area contributed by atoms with Gasteiger partial charge in [0.15, 0.2) is 0 Å². The minimum atomic E-state index is -0.780. The molecule has 0 fully saturated rings. The lowest BCUT2D eigenvalue weighted by molar-refractivity contribution is 0.105. The summed E-state index contributed by atoms with van der Waals surface area (Å²) in [4.78, 5) is 4.44. The van der Waals surface area contributed by atoms with Crippen LogP contribution in [0.5, 0.6) is 0 Å². The summed E-state index contributed by atoms with van der Waals surface area (Å²) in [5.74, 6) is 1.01. The Labute approximate surface area is 139 Å². The second-order valence-corrected chi connectivity index (χ2v) is 5.59. The second-order valence-electron chi connectivity index (χ2n) is 5.59. The maximum absolute atomic E-state index is 9.34. The summed E-state index contributed by atoms with van der Waals surface area (Å²) >= 11 is 0. The number of aryl methyl sites for hydroxylation is 1. The molecule has 1 heterocycles. The largest absolute Gasteiger partial charge is 0.394 e. The fraction of sp³-hybridized carbons (Fsp3) is 0.222. The van der Waals surface area contributed by atoms with Gasteiger partial charge >= 0.3 is 0 Å². The number of anilines is 1. The second kappa shape index (κ2) is 7.25. The minimum Gasteiger partial charge on any atom is -0.394 e. The zero-order chi connectivity index (χ0) is 16.9. The van der Waals surface area contributed by atoms with Crippen molar-refractivity contribution >= 4 is 5.69 Å². The van der Waals surface area contributed by atoms with Gasteiger partial charge in [-0.25, -0.2) is 0 Å². The third kappa shape index (κ3) is 3.79.